The third kappa shape index (κ3) is 4.09. The number of piperidine rings is 1. The van der Waals surface area contributed by atoms with Gasteiger partial charge in [0.15, 0.2) is 0 Å². The van der Waals surface area contributed by atoms with Gasteiger partial charge in [0, 0.05) is 35.3 Å². The summed E-state index contributed by atoms with van der Waals surface area (Å²) in [5.74, 6) is 0.749. The normalized spacial score (nSPS) is 18.2. The highest BCUT2D eigenvalue weighted by atomic mass is 35.5. The van der Waals surface area contributed by atoms with E-state index in [1.54, 1.807) is 6.07 Å². The van der Waals surface area contributed by atoms with Crippen molar-refractivity contribution >= 4 is 35.1 Å². The fourth-order valence-corrected chi connectivity index (χ4v) is 6.02. The molecule has 2 heterocycles. The molecule has 1 aliphatic heterocycles. The number of fused-ring (bicyclic) bond motifs is 1. The predicted molar refractivity (Wildman–Crippen MR) is 137 cm³/mol. The Labute approximate surface area is 214 Å². The molecule has 1 atom stereocenters. The maximum atomic E-state index is 11.7. The Morgan fingerprint density at radius 2 is 1.94 bits per heavy atom. The van der Waals surface area contributed by atoms with Gasteiger partial charge in [-0.3, -0.25) is 0 Å². The summed E-state index contributed by atoms with van der Waals surface area (Å²) >= 11 is 12.7. The van der Waals surface area contributed by atoms with Crippen LogP contribution in [0.15, 0.2) is 48.5 Å². The topological polar surface area (TPSA) is 92.2 Å². The van der Waals surface area contributed by atoms with E-state index in [0.29, 0.717) is 32.4 Å². The van der Waals surface area contributed by atoms with Gasteiger partial charge in [-0.1, -0.05) is 59.6 Å². The molecule has 0 unspecified atom stereocenters. The highest BCUT2D eigenvalue weighted by Crippen LogP contribution is 2.54. The molecule has 0 saturated carbocycles. The Morgan fingerprint density at radius 3 is 2.66 bits per heavy atom. The zero-order valence-electron chi connectivity index (χ0n) is 19.2. The molecule has 1 saturated heterocycles. The second-order valence-electron chi connectivity index (χ2n) is 9.24. The first-order chi connectivity index (χ1) is 16.8. The Morgan fingerprint density at radius 1 is 1.20 bits per heavy atom. The molecular weight excluding hydrogens is 483 g/mol. The van der Waals surface area contributed by atoms with Crippen LogP contribution in [0.5, 0.6) is 0 Å². The van der Waals surface area contributed by atoms with Crippen molar-refractivity contribution in [3.8, 4) is 17.2 Å². The van der Waals surface area contributed by atoms with Gasteiger partial charge in [0.2, 0.25) is 0 Å². The lowest BCUT2D eigenvalue weighted by Gasteiger charge is -2.43. The van der Waals surface area contributed by atoms with E-state index in [4.69, 9.17) is 38.7 Å². The number of halogens is 2. The van der Waals surface area contributed by atoms with Crippen molar-refractivity contribution in [2.24, 2.45) is 11.1 Å². The largest absolute Gasteiger partial charge is 0.441 e. The molecule has 1 spiro atoms. The number of aryl methyl sites for hydroxylation is 1. The monoisotopic (exact) mass is 506 g/mol. The first kappa shape index (κ1) is 23.5. The van der Waals surface area contributed by atoms with Gasteiger partial charge < -0.3 is 15.4 Å². The zero-order valence-corrected chi connectivity index (χ0v) is 20.7. The van der Waals surface area contributed by atoms with Gasteiger partial charge in [0.1, 0.15) is 11.9 Å². The molecule has 0 radical (unpaired) electrons. The molecule has 2 aromatic carbocycles. The molecule has 35 heavy (non-hydrogen) atoms. The molecule has 1 aromatic heterocycles. The maximum Gasteiger partial charge on any atom is 0.405 e. The zero-order chi connectivity index (χ0) is 24.7. The Bertz CT molecular complexity index is 1360. The molecule has 1 amide bonds. The van der Waals surface area contributed by atoms with Crippen LogP contribution in [0.2, 0.25) is 10.0 Å². The van der Waals surface area contributed by atoms with Crippen LogP contribution >= 0.6 is 23.2 Å². The third-order valence-corrected chi connectivity index (χ3v) is 8.10. The van der Waals surface area contributed by atoms with Crippen LogP contribution in [-0.4, -0.2) is 24.2 Å². The van der Waals surface area contributed by atoms with E-state index >= 15 is 0 Å². The number of aromatic nitrogens is 1. The van der Waals surface area contributed by atoms with E-state index in [-0.39, 0.29) is 11.5 Å². The summed E-state index contributed by atoms with van der Waals surface area (Å²) in [6, 6.07) is 17.6. The van der Waals surface area contributed by atoms with Crippen molar-refractivity contribution in [3.63, 3.8) is 0 Å². The number of anilines is 1. The number of nitrogens with zero attached hydrogens (tertiary/aromatic N) is 3. The minimum absolute atomic E-state index is 0.198. The van der Waals surface area contributed by atoms with E-state index in [1.807, 2.05) is 43.3 Å². The second-order valence-corrected chi connectivity index (χ2v) is 10.0. The van der Waals surface area contributed by atoms with E-state index in [2.05, 4.69) is 17.0 Å². The van der Waals surface area contributed by atoms with Gasteiger partial charge in [-0.25, -0.2) is 9.78 Å². The Kier molecular flexibility index (Phi) is 6.08. The van der Waals surface area contributed by atoms with Crippen LogP contribution in [0.25, 0.3) is 11.1 Å². The number of benzene rings is 2. The molecule has 6 nitrogen and oxygen atoms in total. The number of nitriles is 1. The summed E-state index contributed by atoms with van der Waals surface area (Å²) < 4.78 is 5.65. The number of ether oxygens (including phenoxy) is 1. The first-order valence-electron chi connectivity index (χ1n) is 11.5. The number of nitrogens with two attached hydrogens (primary N) is 1. The lowest BCUT2D eigenvalue weighted by atomic mass is 9.74. The molecular formula is C27H24Cl2N4O2. The minimum atomic E-state index is -0.750. The number of hydrogen-bond donors (Lipinski definition) is 1. The van der Waals surface area contributed by atoms with Crippen LogP contribution < -0.4 is 10.6 Å². The average Bonchev–Trinajstić information content (AvgIpc) is 3.13. The lowest BCUT2D eigenvalue weighted by molar-refractivity contribution is 0.00417. The molecule has 3 aromatic rings. The number of primary amides is 1. The van der Waals surface area contributed by atoms with Gasteiger partial charge in [0.05, 0.1) is 21.7 Å². The van der Waals surface area contributed by atoms with E-state index in [9.17, 15) is 10.1 Å². The average molecular weight is 507 g/mol. The van der Waals surface area contributed by atoms with Crippen molar-refractivity contribution in [2.45, 2.75) is 32.3 Å². The van der Waals surface area contributed by atoms with Crippen molar-refractivity contribution in [1.82, 2.24) is 4.98 Å². The minimum Gasteiger partial charge on any atom is -0.441 e. The smallest absolute Gasteiger partial charge is 0.405 e. The molecule has 1 aliphatic carbocycles. The van der Waals surface area contributed by atoms with E-state index in [0.717, 1.165) is 43.7 Å². The van der Waals surface area contributed by atoms with Crippen molar-refractivity contribution in [2.75, 3.05) is 18.0 Å². The van der Waals surface area contributed by atoms with Crippen molar-refractivity contribution in [3.05, 3.63) is 81.0 Å². The summed E-state index contributed by atoms with van der Waals surface area (Å²) in [6.07, 6.45) is 1.36. The molecule has 2 N–H and O–H groups in total. The highest BCUT2D eigenvalue weighted by molar-refractivity contribution is 6.43. The third-order valence-electron chi connectivity index (χ3n) is 7.28. The number of carbonyl (C=O) groups is 1. The first-order valence-corrected chi connectivity index (χ1v) is 12.2. The fraction of sp³-hybridized carbons (Fsp3) is 0.296. The Balaban J connectivity index is 1.43. The van der Waals surface area contributed by atoms with Gasteiger partial charge in [-0.2, -0.15) is 5.26 Å². The number of pyridine rings is 1. The van der Waals surface area contributed by atoms with E-state index < -0.39 is 6.09 Å². The Hall–Kier alpha value is -3.27. The number of amides is 1. The second kappa shape index (κ2) is 9.07. The lowest BCUT2D eigenvalue weighted by Crippen LogP contribution is -2.44. The summed E-state index contributed by atoms with van der Waals surface area (Å²) in [5.41, 5.74) is 10.1. The molecule has 5 rings (SSSR count). The number of hydrogen-bond acceptors (Lipinski definition) is 5. The summed E-state index contributed by atoms with van der Waals surface area (Å²) in [4.78, 5) is 18.7. The fourth-order valence-electron chi connectivity index (χ4n) is 5.62. The highest BCUT2D eigenvalue weighted by Gasteiger charge is 2.49. The molecule has 8 heteroatoms. The van der Waals surface area contributed by atoms with Crippen LogP contribution in [0, 0.1) is 23.7 Å². The van der Waals surface area contributed by atoms with Crippen LogP contribution in [-0.2, 0) is 11.2 Å². The van der Waals surface area contributed by atoms with Gasteiger partial charge in [-0.05, 0) is 49.4 Å². The number of carbonyl (C=O) groups excluding carboxylic acids is 1. The van der Waals surface area contributed by atoms with Crippen molar-refractivity contribution < 1.29 is 9.53 Å². The summed E-state index contributed by atoms with van der Waals surface area (Å²) in [6.45, 7) is 3.33. The van der Waals surface area contributed by atoms with Crippen LogP contribution in [0.3, 0.4) is 0 Å². The molecule has 1 fully saturated rings. The standard InChI is InChI=1S/C27H24Cl2N4O2/c1-16-23(20-7-4-8-21(28)24(20)29)18(15-30)13-22(32-16)33-11-9-27(10-12-33)14-17-5-2-3-6-19(17)25(27)35-26(31)34/h2-8,13,25H,9-12,14H2,1H3,(H2,31,34)/t25-/m1/s1. The van der Waals surface area contributed by atoms with Gasteiger partial charge in [-0.15, -0.1) is 0 Å². The molecule has 178 valence electrons. The molecule has 2 aliphatic rings. The molecule has 0 bridgehead atoms. The SMILES string of the molecule is Cc1nc(N2CCC3(CC2)Cc2ccccc2[C@H]3OC(N)=O)cc(C#N)c1-c1cccc(Cl)c1Cl. The maximum absolute atomic E-state index is 11.7. The quantitative estimate of drug-likeness (QED) is 0.455. The van der Waals surface area contributed by atoms with Gasteiger partial charge >= 0.3 is 6.09 Å². The summed E-state index contributed by atoms with van der Waals surface area (Å²) in [7, 11) is 0. The van der Waals surface area contributed by atoms with E-state index in [1.165, 1.54) is 5.56 Å². The van der Waals surface area contributed by atoms with Crippen molar-refractivity contribution in [1.29, 1.82) is 5.26 Å². The van der Waals surface area contributed by atoms with Crippen LogP contribution in [0.4, 0.5) is 10.6 Å². The predicted octanol–water partition coefficient (Wildman–Crippen LogP) is 6.21. The van der Waals surface area contributed by atoms with Crippen LogP contribution in [0.1, 0.15) is 41.3 Å². The summed E-state index contributed by atoms with van der Waals surface area (Å²) in [5, 5.41) is 10.8. The number of rotatable bonds is 3. The van der Waals surface area contributed by atoms with Gasteiger partial charge in [0.25, 0.3) is 0 Å².